The second-order valence-electron chi connectivity index (χ2n) is 4.41. The van der Waals surface area contributed by atoms with Crippen LogP contribution >= 0.6 is 0 Å². The molecule has 2 aliphatic heterocycles. The molecule has 1 N–H and O–H groups in total. The minimum atomic E-state index is -4.41. The molecule has 0 amide bonds. The predicted octanol–water partition coefficient (Wildman–Crippen LogP) is 1.05. The molecule has 1 aromatic heterocycles. The normalized spacial score (nSPS) is 27.8. The first-order valence-electron chi connectivity index (χ1n) is 5.43. The summed E-state index contributed by atoms with van der Waals surface area (Å²) in [6.45, 7) is 1.54. The summed E-state index contributed by atoms with van der Waals surface area (Å²) in [4.78, 5) is 9.14. The van der Waals surface area contributed by atoms with E-state index in [4.69, 9.17) is 0 Å². The quantitative estimate of drug-likeness (QED) is 0.801. The third-order valence-corrected chi connectivity index (χ3v) is 3.29. The van der Waals surface area contributed by atoms with Crippen LogP contribution in [0.1, 0.15) is 12.1 Å². The van der Waals surface area contributed by atoms with Crippen molar-refractivity contribution in [3.63, 3.8) is 0 Å². The first-order valence-corrected chi connectivity index (χ1v) is 5.43. The molecule has 2 aliphatic rings. The van der Waals surface area contributed by atoms with Crippen molar-refractivity contribution in [2.45, 2.75) is 24.7 Å². The van der Waals surface area contributed by atoms with Crippen LogP contribution in [0.2, 0.25) is 0 Å². The minimum absolute atomic E-state index is 0.260. The molecule has 2 fully saturated rings. The van der Waals surface area contributed by atoms with Gasteiger partial charge in [0.1, 0.15) is 17.8 Å². The Morgan fingerprint density at radius 2 is 2.18 bits per heavy atom. The zero-order valence-corrected chi connectivity index (χ0v) is 8.91. The fourth-order valence-corrected chi connectivity index (χ4v) is 2.50. The van der Waals surface area contributed by atoms with Gasteiger partial charge >= 0.3 is 6.18 Å². The van der Waals surface area contributed by atoms with Gasteiger partial charge in [-0.25, -0.2) is 9.97 Å². The number of nitrogens with one attached hydrogen (secondary N) is 1. The average molecular weight is 244 g/mol. The first kappa shape index (κ1) is 10.8. The molecule has 0 spiro atoms. The van der Waals surface area contributed by atoms with E-state index in [1.165, 1.54) is 0 Å². The lowest BCUT2D eigenvalue weighted by Crippen LogP contribution is -2.44. The van der Waals surface area contributed by atoms with Gasteiger partial charge in [-0.05, 0) is 6.42 Å². The van der Waals surface area contributed by atoms with Crippen molar-refractivity contribution in [1.82, 2.24) is 15.3 Å². The monoisotopic (exact) mass is 244 g/mol. The van der Waals surface area contributed by atoms with Gasteiger partial charge in [0.25, 0.3) is 0 Å². The number of aromatic nitrogens is 2. The van der Waals surface area contributed by atoms with Crippen molar-refractivity contribution < 1.29 is 13.2 Å². The Hall–Kier alpha value is -1.37. The summed E-state index contributed by atoms with van der Waals surface area (Å²) in [6, 6.07) is 1.67. The Balaban J connectivity index is 1.89. The van der Waals surface area contributed by atoms with Crippen molar-refractivity contribution in [3.05, 3.63) is 18.1 Å². The van der Waals surface area contributed by atoms with Gasteiger partial charge in [-0.2, -0.15) is 13.2 Å². The number of nitrogens with zero attached hydrogens (tertiary/aromatic N) is 3. The van der Waals surface area contributed by atoms with Crippen LogP contribution in [0.4, 0.5) is 19.0 Å². The van der Waals surface area contributed by atoms with Gasteiger partial charge in [0.2, 0.25) is 0 Å². The Labute approximate surface area is 95.9 Å². The van der Waals surface area contributed by atoms with Crippen LogP contribution in [0.5, 0.6) is 0 Å². The molecule has 2 saturated heterocycles. The molecule has 3 rings (SSSR count). The molecule has 7 heteroatoms. The molecule has 0 saturated carbocycles. The first-order chi connectivity index (χ1) is 8.04. The summed E-state index contributed by atoms with van der Waals surface area (Å²) < 4.78 is 37.6. The van der Waals surface area contributed by atoms with Gasteiger partial charge in [-0.15, -0.1) is 0 Å². The highest BCUT2D eigenvalue weighted by Crippen LogP contribution is 2.32. The maximum atomic E-state index is 12.5. The van der Waals surface area contributed by atoms with E-state index in [0.717, 1.165) is 31.9 Å². The number of rotatable bonds is 1. The molecular weight excluding hydrogens is 233 g/mol. The summed E-state index contributed by atoms with van der Waals surface area (Å²) in [5.41, 5.74) is -0.877. The third-order valence-electron chi connectivity index (χ3n) is 3.29. The molecule has 1 aromatic rings. The SMILES string of the molecule is FC(F)(F)c1cc(N2C[C@@H]3C[C@H]2CN3)ncn1. The largest absolute Gasteiger partial charge is 0.433 e. The van der Waals surface area contributed by atoms with E-state index in [1.54, 1.807) is 0 Å². The number of piperazine rings is 1. The highest BCUT2D eigenvalue weighted by Gasteiger charge is 2.39. The van der Waals surface area contributed by atoms with Gasteiger partial charge in [-0.3, -0.25) is 0 Å². The van der Waals surface area contributed by atoms with E-state index in [0.29, 0.717) is 11.9 Å². The van der Waals surface area contributed by atoms with Crippen LogP contribution < -0.4 is 10.2 Å². The van der Waals surface area contributed by atoms with E-state index in [2.05, 4.69) is 15.3 Å². The summed E-state index contributed by atoms with van der Waals surface area (Å²) in [5, 5.41) is 3.29. The lowest BCUT2D eigenvalue weighted by Gasteiger charge is -2.28. The number of hydrogen-bond donors (Lipinski definition) is 1. The minimum Gasteiger partial charge on any atom is -0.351 e. The molecule has 0 radical (unpaired) electrons. The summed E-state index contributed by atoms with van der Waals surface area (Å²) >= 11 is 0. The fraction of sp³-hybridized carbons (Fsp3) is 0.600. The van der Waals surface area contributed by atoms with Gasteiger partial charge in [0.05, 0.1) is 0 Å². The lowest BCUT2D eigenvalue weighted by atomic mass is 10.2. The Kier molecular flexibility index (Phi) is 2.25. The standard InChI is InChI=1S/C10H11F3N4/c11-10(12,13)8-2-9(16-5-15-8)17-4-6-1-7(17)3-14-6/h2,5-7,14H,1,3-4H2/t6-,7-/m0/s1. The highest BCUT2D eigenvalue weighted by molar-refractivity contribution is 5.44. The number of fused-ring (bicyclic) bond motifs is 2. The van der Waals surface area contributed by atoms with E-state index in [1.807, 2.05) is 4.90 Å². The second kappa shape index (κ2) is 3.56. The maximum Gasteiger partial charge on any atom is 0.433 e. The maximum absolute atomic E-state index is 12.5. The molecular formula is C10H11F3N4. The van der Waals surface area contributed by atoms with Crippen molar-refractivity contribution in [2.24, 2.45) is 0 Å². The van der Waals surface area contributed by atoms with E-state index in [-0.39, 0.29) is 6.04 Å². The zero-order valence-electron chi connectivity index (χ0n) is 8.91. The molecule has 3 heterocycles. The molecule has 0 aliphatic carbocycles. The van der Waals surface area contributed by atoms with E-state index >= 15 is 0 Å². The average Bonchev–Trinajstić information content (AvgIpc) is 2.89. The number of hydrogen-bond acceptors (Lipinski definition) is 4. The van der Waals surface area contributed by atoms with Crippen LogP contribution in [0.3, 0.4) is 0 Å². The van der Waals surface area contributed by atoms with Crippen molar-refractivity contribution >= 4 is 5.82 Å². The summed E-state index contributed by atoms with van der Waals surface area (Å²) in [5.74, 6) is 0.376. The topological polar surface area (TPSA) is 41.0 Å². The van der Waals surface area contributed by atoms with Crippen molar-refractivity contribution in [3.8, 4) is 0 Å². The number of halogens is 3. The Bertz CT molecular complexity index is 434. The van der Waals surface area contributed by atoms with Crippen molar-refractivity contribution in [2.75, 3.05) is 18.0 Å². The molecule has 17 heavy (non-hydrogen) atoms. The summed E-state index contributed by atoms with van der Waals surface area (Å²) in [6.07, 6.45) is -2.45. The Morgan fingerprint density at radius 3 is 2.76 bits per heavy atom. The second-order valence-corrected chi connectivity index (χ2v) is 4.41. The molecule has 0 aromatic carbocycles. The van der Waals surface area contributed by atoms with Gasteiger partial charge in [0.15, 0.2) is 0 Å². The van der Waals surface area contributed by atoms with Crippen LogP contribution in [0.25, 0.3) is 0 Å². The van der Waals surface area contributed by atoms with Gasteiger partial charge in [-0.1, -0.05) is 0 Å². The fourth-order valence-electron chi connectivity index (χ4n) is 2.50. The molecule has 2 bridgehead atoms. The molecule has 2 atom stereocenters. The predicted molar refractivity (Wildman–Crippen MR) is 54.6 cm³/mol. The number of alkyl halides is 3. The van der Waals surface area contributed by atoms with Crippen molar-refractivity contribution in [1.29, 1.82) is 0 Å². The highest BCUT2D eigenvalue weighted by atomic mass is 19.4. The summed E-state index contributed by atoms with van der Waals surface area (Å²) in [7, 11) is 0. The van der Waals surface area contributed by atoms with Gasteiger partial charge in [0, 0.05) is 31.2 Å². The van der Waals surface area contributed by atoms with Crippen LogP contribution in [0.15, 0.2) is 12.4 Å². The Morgan fingerprint density at radius 1 is 1.35 bits per heavy atom. The number of anilines is 1. The smallest absolute Gasteiger partial charge is 0.351 e. The van der Waals surface area contributed by atoms with E-state index in [9.17, 15) is 13.2 Å². The van der Waals surface area contributed by atoms with Crippen LogP contribution in [-0.2, 0) is 6.18 Å². The zero-order chi connectivity index (χ0) is 12.0. The molecule has 4 nitrogen and oxygen atoms in total. The third kappa shape index (κ3) is 1.84. The van der Waals surface area contributed by atoms with E-state index < -0.39 is 11.9 Å². The van der Waals surface area contributed by atoms with Gasteiger partial charge < -0.3 is 10.2 Å². The lowest BCUT2D eigenvalue weighted by molar-refractivity contribution is -0.141. The molecule has 92 valence electrons. The van der Waals surface area contributed by atoms with Crippen LogP contribution in [0, 0.1) is 0 Å². The molecule has 0 unspecified atom stereocenters. The van der Waals surface area contributed by atoms with Crippen LogP contribution in [-0.4, -0.2) is 35.1 Å².